The van der Waals surface area contributed by atoms with Crippen LogP contribution >= 0.6 is 0 Å². The van der Waals surface area contributed by atoms with Crippen LogP contribution in [0.4, 0.5) is 0 Å². The monoisotopic (exact) mass is 418 g/mol. The number of aromatic hydroxyl groups is 1. The van der Waals surface area contributed by atoms with Crippen LogP contribution in [-0.2, 0) is 0 Å². The Balaban J connectivity index is 1.75. The lowest BCUT2D eigenvalue weighted by Gasteiger charge is -2.30. The quantitative estimate of drug-likeness (QED) is 0.514. The molecule has 0 heterocycles. The number of rotatable bonds is 5. The van der Waals surface area contributed by atoms with Crippen molar-refractivity contribution in [3.05, 3.63) is 63.7 Å². The first-order valence-corrected chi connectivity index (χ1v) is 12.9. The van der Waals surface area contributed by atoms with Gasteiger partial charge < -0.3 is 5.11 Å². The van der Waals surface area contributed by atoms with Crippen molar-refractivity contribution >= 4 is 0 Å². The Kier molecular flexibility index (Phi) is 7.09. The topological polar surface area (TPSA) is 20.2 Å². The molecule has 2 aliphatic rings. The molecule has 4 rings (SSSR count). The summed E-state index contributed by atoms with van der Waals surface area (Å²) in [7, 11) is 0. The van der Waals surface area contributed by atoms with Gasteiger partial charge in [-0.1, -0.05) is 76.6 Å². The average Bonchev–Trinajstić information content (AvgIpc) is 2.77. The lowest BCUT2D eigenvalue weighted by atomic mass is 9.75. The molecule has 2 aliphatic carbocycles. The number of aryl methyl sites for hydroxylation is 2. The molecule has 2 fully saturated rings. The van der Waals surface area contributed by atoms with E-state index in [0.717, 1.165) is 5.92 Å². The average molecular weight is 419 g/mol. The van der Waals surface area contributed by atoms with Crippen molar-refractivity contribution in [1.82, 2.24) is 0 Å². The van der Waals surface area contributed by atoms with E-state index in [4.69, 9.17) is 0 Å². The zero-order valence-electron chi connectivity index (χ0n) is 20.2. The number of benzene rings is 2. The summed E-state index contributed by atoms with van der Waals surface area (Å²) in [4.78, 5) is 0. The Labute approximate surface area is 190 Å². The standard InChI is InChI=1S/C30H42O/c1-20(2)30(26-18-25(16-15-21(26)3)23-11-7-5-8-12-23)27-19-28(29(31)17-22(27)4)24-13-9-6-10-14-24/h15-20,23-24,30-31H,5-14H2,1-4H3. The maximum Gasteiger partial charge on any atom is 0.119 e. The first kappa shape index (κ1) is 22.4. The number of phenols is 1. The third kappa shape index (κ3) is 4.86. The largest absolute Gasteiger partial charge is 0.508 e. The van der Waals surface area contributed by atoms with Crippen molar-refractivity contribution in [3.63, 3.8) is 0 Å². The molecule has 0 aromatic heterocycles. The van der Waals surface area contributed by atoms with Gasteiger partial charge in [0.2, 0.25) is 0 Å². The highest BCUT2D eigenvalue weighted by molar-refractivity contribution is 5.49. The Morgan fingerprint density at radius 2 is 1.29 bits per heavy atom. The Hall–Kier alpha value is -1.76. The van der Waals surface area contributed by atoms with Crippen molar-refractivity contribution < 1.29 is 5.11 Å². The second-order valence-electron chi connectivity index (χ2n) is 10.8. The van der Waals surface area contributed by atoms with E-state index in [-0.39, 0.29) is 0 Å². The molecule has 168 valence electrons. The summed E-state index contributed by atoms with van der Waals surface area (Å²) < 4.78 is 0. The van der Waals surface area contributed by atoms with E-state index in [9.17, 15) is 5.11 Å². The second kappa shape index (κ2) is 9.80. The minimum atomic E-state index is 0.381. The molecule has 1 N–H and O–H groups in total. The molecule has 31 heavy (non-hydrogen) atoms. The molecule has 2 aromatic carbocycles. The van der Waals surface area contributed by atoms with Gasteiger partial charge in [0.05, 0.1) is 0 Å². The van der Waals surface area contributed by atoms with Crippen LogP contribution in [0.3, 0.4) is 0 Å². The molecule has 1 unspecified atom stereocenters. The SMILES string of the molecule is Cc1ccc(C2CCCCC2)cc1C(c1cc(C2CCCCC2)c(O)cc1C)C(C)C. The van der Waals surface area contributed by atoms with Gasteiger partial charge in [0.15, 0.2) is 0 Å². The summed E-state index contributed by atoms with van der Waals surface area (Å²) in [5.74, 6) is 2.67. The van der Waals surface area contributed by atoms with Gasteiger partial charge >= 0.3 is 0 Å². The van der Waals surface area contributed by atoms with Crippen molar-refractivity contribution in [2.75, 3.05) is 0 Å². The predicted molar refractivity (Wildman–Crippen MR) is 132 cm³/mol. The molecule has 1 nitrogen and oxygen atoms in total. The molecule has 0 aliphatic heterocycles. The van der Waals surface area contributed by atoms with Crippen LogP contribution in [0.1, 0.15) is 129 Å². The summed E-state index contributed by atoms with van der Waals surface area (Å²) >= 11 is 0. The van der Waals surface area contributed by atoms with Gasteiger partial charge in [0, 0.05) is 5.92 Å². The summed E-state index contributed by atoms with van der Waals surface area (Å²) in [5.41, 5.74) is 8.32. The van der Waals surface area contributed by atoms with E-state index in [1.54, 1.807) is 5.56 Å². The summed E-state index contributed by atoms with van der Waals surface area (Å²) in [6.07, 6.45) is 13.2. The fraction of sp³-hybridized carbons (Fsp3) is 0.600. The molecule has 0 amide bonds. The predicted octanol–water partition coefficient (Wildman–Crippen LogP) is 8.89. The van der Waals surface area contributed by atoms with Gasteiger partial charge in [-0.05, 0) is 96.7 Å². The van der Waals surface area contributed by atoms with E-state index in [1.165, 1.54) is 92.0 Å². The molecule has 0 spiro atoms. The minimum absolute atomic E-state index is 0.381. The Bertz CT molecular complexity index is 882. The zero-order chi connectivity index (χ0) is 22.0. The zero-order valence-corrected chi connectivity index (χ0v) is 20.2. The molecule has 1 heteroatoms. The molecule has 0 bridgehead atoms. The highest BCUT2D eigenvalue weighted by atomic mass is 16.3. The van der Waals surface area contributed by atoms with Crippen molar-refractivity contribution in [2.45, 2.75) is 110 Å². The van der Waals surface area contributed by atoms with Crippen LogP contribution < -0.4 is 0 Å². The lowest BCUT2D eigenvalue weighted by Crippen LogP contribution is -2.14. The van der Waals surface area contributed by atoms with Crippen molar-refractivity contribution in [1.29, 1.82) is 0 Å². The molecular formula is C30H42O. The molecule has 2 saturated carbocycles. The second-order valence-corrected chi connectivity index (χ2v) is 10.8. The van der Waals surface area contributed by atoms with Crippen LogP contribution in [0.15, 0.2) is 30.3 Å². The van der Waals surface area contributed by atoms with Crippen LogP contribution in [-0.4, -0.2) is 5.11 Å². The van der Waals surface area contributed by atoms with Gasteiger partial charge in [0.1, 0.15) is 5.75 Å². The normalized spacial score (nSPS) is 19.6. The molecule has 0 saturated heterocycles. The number of hydrogen-bond acceptors (Lipinski definition) is 1. The fourth-order valence-corrected chi connectivity index (χ4v) is 6.37. The minimum Gasteiger partial charge on any atom is -0.508 e. The van der Waals surface area contributed by atoms with Crippen molar-refractivity contribution in [3.8, 4) is 5.75 Å². The molecule has 0 radical (unpaired) electrons. The maximum absolute atomic E-state index is 10.8. The molecule has 1 atom stereocenters. The first-order valence-electron chi connectivity index (χ1n) is 12.9. The Morgan fingerprint density at radius 1 is 0.710 bits per heavy atom. The Morgan fingerprint density at radius 3 is 1.90 bits per heavy atom. The van der Waals surface area contributed by atoms with Crippen molar-refractivity contribution in [2.24, 2.45) is 5.92 Å². The smallest absolute Gasteiger partial charge is 0.119 e. The first-order chi connectivity index (χ1) is 15.0. The highest BCUT2D eigenvalue weighted by Gasteiger charge is 2.27. The summed E-state index contributed by atoms with van der Waals surface area (Å²) in [6.45, 7) is 9.20. The fourth-order valence-electron chi connectivity index (χ4n) is 6.37. The van der Waals surface area contributed by atoms with Gasteiger partial charge in [-0.2, -0.15) is 0 Å². The van der Waals surface area contributed by atoms with Gasteiger partial charge in [-0.25, -0.2) is 0 Å². The maximum atomic E-state index is 10.8. The molecular weight excluding hydrogens is 376 g/mol. The van der Waals surface area contributed by atoms with E-state index in [2.05, 4.69) is 58.0 Å². The van der Waals surface area contributed by atoms with E-state index in [1.807, 2.05) is 0 Å². The van der Waals surface area contributed by atoms with Gasteiger partial charge in [-0.3, -0.25) is 0 Å². The van der Waals surface area contributed by atoms with E-state index in [0.29, 0.717) is 23.5 Å². The van der Waals surface area contributed by atoms with Crippen LogP contribution in [0, 0.1) is 19.8 Å². The van der Waals surface area contributed by atoms with Crippen LogP contribution in [0.5, 0.6) is 5.75 Å². The third-order valence-corrected chi connectivity index (χ3v) is 8.18. The molecule has 2 aromatic rings. The van der Waals surface area contributed by atoms with E-state index >= 15 is 0 Å². The van der Waals surface area contributed by atoms with Gasteiger partial charge in [-0.15, -0.1) is 0 Å². The summed E-state index contributed by atoms with van der Waals surface area (Å²) in [5, 5.41) is 10.8. The number of phenolic OH excluding ortho intramolecular Hbond substituents is 1. The van der Waals surface area contributed by atoms with Crippen LogP contribution in [0.2, 0.25) is 0 Å². The summed E-state index contributed by atoms with van der Waals surface area (Å²) in [6, 6.07) is 11.7. The highest BCUT2D eigenvalue weighted by Crippen LogP contribution is 2.44. The third-order valence-electron chi connectivity index (χ3n) is 8.18. The van der Waals surface area contributed by atoms with Crippen LogP contribution in [0.25, 0.3) is 0 Å². The van der Waals surface area contributed by atoms with E-state index < -0.39 is 0 Å². The number of hydrogen-bond donors (Lipinski definition) is 1. The lowest BCUT2D eigenvalue weighted by molar-refractivity contribution is 0.413. The van der Waals surface area contributed by atoms with Gasteiger partial charge in [0.25, 0.3) is 0 Å².